The highest BCUT2D eigenvalue weighted by Gasteiger charge is 2.30. The Labute approximate surface area is 431 Å². The Bertz CT molecular complexity index is 3820. The first kappa shape index (κ1) is 44.9. The van der Waals surface area contributed by atoms with Gasteiger partial charge in [-0.3, -0.25) is 16.0 Å². The Balaban J connectivity index is 0.791. The van der Waals surface area contributed by atoms with Crippen LogP contribution in [0.1, 0.15) is 58.0 Å². The molecule has 0 aromatic heterocycles. The summed E-state index contributed by atoms with van der Waals surface area (Å²) in [5, 5.41) is 20.0. The number of hydrogen-bond acceptors (Lipinski definition) is 6. The highest BCUT2D eigenvalue weighted by atomic mass is 15.4. The quantitative estimate of drug-likeness (QED) is 0.110. The minimum absolute atomic E-state index is 0.0547. The van der Waals surface area contributed by atoms with Gasteiger partial charge in [0, 0.05) is 11.1 Å². The second-order valence-electron chi connectivity index (χ2n) is 19.0. The highest BCUT2D eigenvalue weighted by molar-refractivity contribution is 6.14. The van der Waals surface area contributed by atoms with Crippen molar-refractivity contribution < 1.29 is 0 Å². The first-order valence-electron chi connectivity index (χ1n) is 25.4. The zero-order valence-electron chi connectivity index (χ0n) is 40.6. The molecule has 1 fully saturated rings. The molecule has 0 radical (unpaired) electrons. The summed E-state index contributed by atoms with van der Waals surface area (Å²) < 4.78 is 0. The Morgan fingerprint density at radius 2 is 0.595 bits per heavy atom. The van der Waals surface area contributed by atoms with Gasteiger partial charge in [0.25, 0.3) is 0 Å². The van der Waals surface area contributed by atoms with E-state index in [2.05, 4.69) is 264 Å². The van der Waals surface area contributed by atoms with Crippen LogP contribution in [0.25, 0.3) is 66.1 Å². The Morgan fingerprint density at radius 1 is 0.257 bits per heavy atom. The molecule has 2 heterocycles. The Hall–Kier alpha value is -9.04. The summed E-state index contributed by atoms with van der Waals surface area (Å²) >= 11 is 0. The molecule has 11 aromatic carbocycles. The zero-order valence-corrected chi connectivity index (χ0v) is 40.6. The Morgan fingerprint density at radius 3 is 1.08 bits per heavy atom. The van der Waals surface area contributed by atoms with Crippen molar-refractivity contribution in [1.82, 2.24) is 21.3 Å². The fourth-order valence-corrected chi connectivity index (χ4v) is 10.7. The molecule has 0 spiro atoms. The number of hydrogen-bond donors (Lipinski definition) is 4. The van der Waals surface area contributed by atoms with Crippen LogP contribution in [-0.4, -0.2) is 11.7 Å². The molecular formula is C68H52N6. The lowest BCUT2D eigenvalue weighted by molar-refractivity contribution is 0.203. The molecule has 354 valence electrons. The monoisotopic (exact) mass is 952 g/mol. The molecule has 0 saturated carbocycles. The second-order valence-corrected chi connectivity index (χ2v) is 19.0. The average molecular weight is 953 g/mol. The van der Waals surface area contributed by atoms with Crippen LogP contribution in [0.15, 0.2) is 277 Å². The maximum Gasteiger partial charge on any atom is 0.159 e. The number of amidine groups is 2. The van der Waals surface area contributed by atoms with Crippen molar-refractivity contribution in [2.24, 2.45) is 9.98 Å². The van der Waals surface area contributed by atoms with Gasteiger partial charge in [0.15, 0.2) is 5.84 Å². The molecular weight excluding hydrogens is 901 g/mol. The van der Waals surface area contributed by atoms with Gasteiger partial charge in [0.2, 0.25) is 0 Å². The van der Waals surface area contributed by atoms with Crippen molar-refractivity contribution in [1.29, 1.82) is 0 Å². The lowest BCUT2D eigenvalue weighted by Gasteiger charge is -2.39. The summed E-state index contributed by atoms with van der Waals surface area (Å²) in [5.74, 6) is 1.52. The van der Waals surface area contributed by atoms with Gasteiger partial charge in [-0.05, 0) is 88.3 Å². The molecule has 74 heavy (non-hydrogen) atoms. The standard InChI is InChI=1S/C68H52N6/c1-5-17-45(18-6-1)46-29-35-52(36-30-46)66-72-65(51-23-11-4-12-24-51)73-68(74-66)54-39-33-48(34-40-54)56-42-44-62(60-28-16-14-26-58(56)60)61-43-41-55(57-25-13-15-27-59(57)61)47-31-37-53(38-32-47)67-70-63(49-19-7-2-8-20-49)69-64(71-67)50-21-9-3-10-22-50/h1-44,63,65-66,68,72-74H,(H,69,70,71). The third-order valence-corrected chi connectivity index (χ3v) is 14.5. The molecule has 2 aliphatic heterocycles. The van der Waals surface area contributed by atoms with Crippen LogP contribution in [0.2, 0.25) is 0 Å². The zero-order chi connectivity index (χ0) is 49.2. The largest absolute Gasteiger partial charge is 0.344 e. The fraction of sp³-hybridized carbons (Fsp3) is 0.0588. The maximum atomic E-state index is 5.11. The number of aliphatic imine (C=N–C) groups is 2. The molecule has 2 aliphatic rings. The van der Waals surface area contributed by atoms with Crippen molar-refractivity contribution in [3.63, 3.8) is 0 Å². The fourth-order valence-electron chi connectivity index (χ4n) is 10.7. The third kappa shape index (κ3) is 8.88. The van der Waals surface area contributed by atoms with Gasteiger partial charge in [0.05, 0.1) is 18.5 Å². The van der Waals surface area contributed by atoms with E-state index in [-0.39, 0.29) is 24.7 Å². The number of fused-ring (bicyclic) bond motifs is 2. The van der Waals surface area contributed by atoms with Crippen molar-refractivity contribution in [2.75, 3.05) is 0 Å². The molecule has 4 atom stereocenters. The first-order valence-corrected chi connectivity index (χ1v) is 25.4. The van der Waals surface area contributed by atoms with Crippen LogP contribution < -0.4 is 21.3 Å². The summed E-state index contributed by atoms with van der Waals surface area (Å²) in [6.45, 7) is 0. The summed E-state index contributed by atoms with van der Waals surface area (Å²) in [7, 11) is 0. The van der Waals surface area contributed by atoms with E-state index in [1.54, 1.807) is 0 Å². The molecule has 1 saturated heterocycles. The van der Waals surface area contributed by atoms with E-state index in [0.717, 1.165) is 28.1 Å². The van der Waals surface area contributed by atoms with Gasteiger partial charge in [-0.25, -0.2) is 9.98 Å². The van der Waals surface area contributed by atoms with Crippen LogP contribution in [0.4, 0.5) is 0 Å². The van der Waals surface area contributed by atoms with Gasteiger partial charge in [-0.1, -0.05) is 267 Å². The molecule has 0 aliphatic carbocycles. The molecule has 4 N–H and O–H groups in total. The summed E-state index contributed by atoms with van der Waals surface area (Å²) in [4.78, 5) is 10.2. The topological polar surface area (TPSA) is 72.8 Å². The van der Waals surface area contributed by atoms with Crippen molar-refractivity contribution in [2.45, 2.75) is 24.7 Å². The molecule has 0 amide bonds. The van der Waals surface area contributed by atoms with Crippen molar-refractivity contribution in [3.8, 4) is 44.5 Å². The molecule has 6 heteroatoms. The lowest BCUT2D eigenvalue weighted by Crippen LogP contribution is -2.54. The maximum absolute atomic E-state index is 5.11. The number of benzene rings is 11. The highest BCUT2D eigenvalue weighted by Crippen LogP contribution is 2.41. The van der Waals surface area contributed by atoms with E-state index in [1.807, 2.05) is 24.3 Å². The Kier molecular flexibility index (Phi) is 12.0. The molecule has 11 aromatic rings. The van der Waals surface area contributed by atoms with Crippen molar-refractivity contribution >= 4 is 33.2 Å². The predicted octanol–water partition coefficient (Wildman–Crippen LogP) is 15.3. The lowest BCUT2D eigenvalue weighted by atomic mass is 9.88. The molecule has 13 rings (SSSR count). The van der Waals surface area contributed by atoms with Gasteiger partial charge in [0.1, 0.15) is 12.0 Å². The van der Waals surface area contributed by atoms with E-state index >= 15 is 0 Å². The van der Waals surface area contributed by atoms with Crippen LogP contribution in [-0.2, 0) is 0 Å². The second kappa shape index (κ2) is 19.9. The van der Waals surface area contributed by atoms with Crippen LogP contribution >= 0.6 is 0 Å². The molecule has 4 unspecified atom stereocenters. The number of nitrogens with zero attached hydrogens (tertiary/aromatic N) is 2. The summed E-state index contributed by atoms with van der Waals surface area (Å²) in [6.07, 6.45) is -0.475. The normalized spacial score (nSPS) is 17.6. The summed E-state index contributed by atoms with van der Waals surface area (Å²) in [6, 6.07) is 95.3. The molecule has 0 bridgehead atoms. The summed E-state index contributed by atoms with van der Waals surface area (Å²) in [5.41, 5.74) is 16.2. The van der Waals surface area contributed by atoms with Crippen molar-refractivity contribution in [3.05, 3.63) is 300 Å². The SMILES string of the molecule is c1ccc(C2=NC(c3ccc(-c4ccc(-c5ccc(-c6ccc(C7NC(c8ccccc8)NC(c8ccc(-c9ccccc9)cc8)N7)cc6)c6ccccc56)c5ccccc45)cc3)=NC(c3ccccc3)N2)cc1. The van der Waals surface area contributed by atoms with Gasteiger partial charge >= 0.3 is 0 Å². The van der Waals surface area contributed by atoms with E-state index in [9.17, 15) is 0 Å². The van der Waals surface area contributed by atoms with Crippen LogP contribution in [0.5, 0.6) is 0 Å². The number of rotatable bonds is 10. The van der Waals surface area contributed by atoms with E-state index < -0.39 is 0 Å². The van der Waals surface area contributed by atoms with Gasteiger partial charge < -0.3 is 5.32 Å². The molecule has 6 nitrogen and oxygen atoms in total. The first-order chi connectivity index (χ1) is 36.7. The van der Waals surface area contributed by atoms with Crippen LogP contribution in [0.3, 0.4) is 0 Å². The minimum Gasteiger partial charge on any atom is -0.344 e. The number of nitrogens with one attached hydrogen (secondary N) is 4. The smallest absolute Gasteiger partial charge is 0.159 e. The predicted molar refractivity (Wildman–Crippen MR) is 306 cm³/mol. The van der Waals surface area contributed by atoms with E-state index in [1.165, 1.54) is 77.2 Å². The minimum atomic E-state index is -0.251. The van der Waals surface area contributed by atoms with Crippen LogP contribution in [0, 0.1) is 0 Å². The third-order valence-electron chi connectivity index (χ3n) is 14.5. The van der Waals surface area contributed by atoms with E-state index in [0.29, 0.717) is 5.84 Å². The average Bonchev–Trinajstić information content (AvgIpc) is 3.49. The van der Waals surface area contributed by atoms with Gasteiger partial charge in [-0.2, -0.15) is 0 Å². The van der Waals surface area contributed by atoms with Gasteiger partial charge in [-0.15, -0.1) is 0 Å². The van der Waals surface area contributed by atoms with E-state index in [4.69, 9.17) is 9.98 Å².